The first-order chi connectivity index (χ1) is 8.45. The Kier molecular flexibility index (Phi) is 2.52. The second-order valence-electron chi connectivity index (χ2n) is 6.30. The highest BCUT2D eigenvalue weighted by Crippen LogP contribution is 2.66. The minimum Gasteiger partial charge on any atom is -0.457 e. The first kappa shape index (κ1) is 12.1. The second kappa shape index (κ2) is 3.76. The van der Waals surface area contributed by atoms with Gasteiger partial charge in [0.05, 0.1) is 17.9 Å². The Balaban J connectivity index is 1.78. The van der Waals surface area contributed by atoms with Gasteiger partial charge in [-0.25, -0.2) is 4.79 Å². The van der Waals surface area contributed by atoms with Gasteiger partial charge in [0.15, 0.2) is 5.69 Å². The molecule has 2 bridgehead atoms. The van der Waals surface area contributed by atoms with Crippen LogP contribution in [0, 0.1) is 16.7 Å². The average molecular weight is 266 g/mol. The van der Waals surface area contributed by atoms with Crippen molar-refractivity contribution < 1.29 is 9.53 Å². The Labute approximate surface area is 111 Å². The Morgan fingerprint density at radius 1 is 1.50 bits per heavy atom. The number of ether oxygens (including phenoxy) is 1. The van der Waals surface area contributed by atoms with Crippen LogP contribution in [0.3, 0.4) is 0 Å². The molecule has 1 heterocycles. The van der Waals surface area contributed by atoms with Crippen LogP contribution >= 0.6 is 11.7 Å². The maximum Gasteiger partial charge on any atom is 0.360 e. The first-order valence-electron chi connectivity index (χ1n) is 6.44. The molecule has 0 amide bonds. The topological polar surface area (TPSA) is 52.1 Å². The fraction of sp³-hybridized carbons (Fsp3) is 0.769. The number of carbonyl (C=O) groups excluding carboxylic acids is 1. The third-order valence-corrected chi connectivity index (χ3v) is 6.01. The van der Waals surface area contributed by atoms with E-state index in [2.05, 4.69) is 29.5 Å². The van der Waals surface area contributed by atoms with E-state index >= 15 is 0 Å². The summed E-state index contributed by atoms with van der Waals surface area (Å²) in [7, 11) is 0. The van der Waals surface area contributed by atoms with Crippen molar-refractivity contribution in [2.24, 2.45) is 16.7 Å². The highest BCUT2D eigenvalue weighted by atomic mass is 32.1. The summed E-state index contributed by atoms with van der Waals surface area (Å²) in [5, 5.41) is 0. The lowest BCUT2D eigenvalue weighted by Crippen LogP contribution is -2.38. The fourth-order valence-electron chi connectivity index (χ4n) is 3.75. The van der Waals surface area contributed by atoms with E-state index in [4.69, 9.17) is 4.74 Å². The van der Waals surface area contributed by atoms with Gasteiger partial charge in [0.25, 0.3) is 0 Å². The molecular formula is C13H18N2O2S. The number of aromatic nitrogens is 2. The zero-order valence-electron chi connectivity index (χ0n) is 11.0. The van der Waals surface area contributed by atoms with E-state index in [1.54, 1.807) is 0 Å². The van der Waals surface area contributed by atoms with Crippen LogP contribution in [0.25, 0.3) is 0 Å². The summed E-state index contributed by atoms with van der Waals surface area (Å²) in [5.74, 6) is 0.354. The summed E-state index contributed by atoms with van der Waals surface area (Å²) >= 11 is 1.04. The number of carbonyl (C=O) groups is 1. The third kappa shape index (κ3) is 1.46. The van der Waals surface area contributed by atoms with Crippen LogP contribution in [0.1, 0.15) is 50.5 Å². The van der Waals surface area contributed by atoms with Crippen molar-refractivity contribution in [3.8, 4) is 0 Å². The SMILES string of the molecule is CC1(C)C2CCC1(C)C(OC(=O)c1cnsn1)C2. The zero-order chi connectivity index (χ0) is 13.0. The van der Waals surface area contributed by atoms with Gasteiger partial charge in [-0.1, -0.05) is 20.8 Å². The van der Waals surface area contributed by atoms with Crippen LogP contribution in [0.15, 0.2) is 6.20 Å². The van der Waals surface area contributed by atoms with Crippen molar-refractivity contribution in [2.75, 3.05) is 0 Å². The average Bonchev–Trinajstić information content (AvgIpc) is 2.95. The molecule has 0 saturated heterocycles. The summed E-state index contributed by atoms with van der Waals surface area (Å²) in [6.45, 7) is 6.88. The number of hydrogen-bond acceptors (Lipinski definition) is 5. The molecule has 3 unspecified atom stereocenters. The Morgan fingerprint density at radius 3 is 2.78 bits per heavy atom. The Hall–Kier alpha value is -0.970. The lowest BCUT2D eigenvalue weighted by molar-refractivity contribution is -0.0246. The summed E-state index contributed by atoms with van der Waals surface area (Å²) < 4.78 is 13.5. The van der Waals surface area contributed by atoms with Gasteiger partial charge in [0, 0.05) is 5.41 Å². The summed E-state index contributed by atoms with van der Waals surface area (Å²) in [6.07, 6.45) is 4.91. The molecule has 4 nitrogen and oxygen atoms in total. The molecule has 2 fully saturated rings. The normalized spacial score (nSPS) is 36.8. The van der Waals surface area contributed by atoms with Crippen molar-refractivity contribution in [3.63, 3.8) is 0 Å². The lowest BCUT2D eigenvalue weighted by Gasteiger charge is -2.38. The van der Waals surface area contributed by atoms with E-state index in [-0.39, 0.29) is 22.9 Å². The van der Waals surface area contributed by atoms with Crippen molar-refractivity contribution in [3.05, 3.63) is 11.9 Å². The van der Waals surface area contributed by atoms with E-state index in [1.165, 1.54) is 12.6 Å². The summed E-state index contributed by atoms with van der Waals surface area (Å²) in [6, 6.07) is 0. The number of nitrogens with zero attached hydrogens (tertiary/aromatic N) is 2. The highest BCUT2D eigenvalue weighted by Gasteiger charge is 2.62. The molecule has 5 heteroatoms. The van der Waals surface area contributed by atoms with Crippen LogP contribution in [0.4, 0.5) is 0 Å². The molecule has 3 rings (SSSR count). The van der Waals surface area contributed by atoms with Gasteiger partial charge in [0.1, 0.15) is 6.10 Å². The molecule has 2 aliphatic rings. The van der Waals surface area contributed by atoms with Gasteiger partial charge in [-0.05, 0) is 30.6 Å². The Bertz CT molecular complexity index is 471. The van der Waals surface area contributed by atoms with Crippen molar-refractivity contribution in [2.45, 2.75) is 46.1 Å². The molecule has 1 aromatic rings. The molecule has 2 aliphatic carbocycles. The fourth-order valence-corrected chi connectivity index (χ4v) is 4.16. The third-order valence-electron chi connectivity index (χ3n) is 5.53. The highest BCUT2D eigenvalue weighted by molar-refractivity contribution is 6.99. The van der Waals surface area contributed by atoms with Gasteiger partial charge in [-0.2, -0.15) is 8.75 Å². The molecule has 2 saturated carbocycles. The second-order valence-corrected chi connectivity index (χ2v) is 6.85. The number of hydrogen-bond donors (Lipinski definition) is 0. The smallest absolute Gasteiger partial charge is 0.360 e. The number of rotatable bonds is 2. The minimum absolute atomic E-state index is 0.0282. The predicted octanol–water partition coefficient (Wildman–Crippen LogP) is 2.91. The van der Waals surface area contributed by atoms with Crippen LogP contribution in [0.2, 0.25) is 0 Å². The molecule has 1 aromatic heterocycles. The number of fused-ring (bicyclic) bond motifs is 2. The molecule has 0 N–H and O–H groups in total. The zero-order valence-corrected chi connectivity index (χ0v) is 11.8. The van der Waals surface area contributed by atoms with Gasteiger partial charge in [-0.15, -0.1) is 0 Å². The van der Waals surface area contributed by atoms with Crippen LogP contribution in [-0.2, 0) is 4.74 Å². The van der Waals surface area contributed by atoms with E-state index in [0.717, 1.165) is 24.6 Å². The van der Waals surface area contributed by atoms with Crippen LogP contribution in [0.5, 0.6) is 0 Å². The van der Waals surface area contributed by atoms with E-state index < -0.39 is 0 Å². The molecule has 0 aliphatic heterocycles. The van der Waals surface area contributed by atoms with Crippen molar-refractivity contribution in [1.29, 1.82) is 0 Å². The van der Waals surface area contributed by atoms with Gasteiger partial charge in [-0.3, -0.25) is 0 Å². The molecule has 0 spiro atoms. The Morgan fingerprint density at radius 2 is 2.28 bits per heavy atom. The lowest BCUT2D eigenvalue weighted by atomic mass is 9.70. The first-order valence-corrected chi connectivity index (χ1v) is 7.17. The predicted molar refractivity (Wildman–Crippen MR) is 68.3 cm³/mol. The molecule has 18 heavy (non-hydrogen) atoms. The van der Waals surface area contributed by atoms with Crippen LogP contribution in [-0.4, -0.2) is 20.8 Å². The summed E-state index contributed by atoms with van der Waals surface area (Å²) in [4.78, 5) is 12.0. The van der Waals surface area contributed by atoms with Gasteiger partial charge >= 0.3 is 5.97 Å². The molecule has 98 valence electrons. The van der Waals surface area contributed by atoms with Gasteiger partial charge in [0.2, 0.25) is 0 Å². The van der Waals surface area contributed by atoms with Crippen LogP contribution < -0.4 is 0 Å². The molecule has 0 radical (unpaired) electrons. The quantitative estimate of drug-likeness (QED) is 0.772. The monoisotopic (exact) mass is 266 g/mol. The molecular weight excluding hydrogens is 248 g/mol. The maximum atomic E-state index is 12.0. The summed E-state index contributed by atoms with van der Waals surface area (Å²) in [5.41, 5.74) is 0.707. The number of esters is 1. The molecule has 0 aromatic carbocycles. The van der Waals surface area contributed by atoms with Crippen molar-refractivity contribution in [1.82, 2.24) is 8.75 Å². The van der Waals surface area contributed by atoms with Gasteiger partial charge < -0.3 is 4.74 Å². The minimum atomic E-state index is -0.321. The maximum absolute atomic E-state index is 12.0. The largest absolute Gasteiger partial charge is 0.457 e. The van der Waals surface area contributed by atoms with E-state index in [9.17, 15) is 4.79 Å². The standard InChI is InChI=1S/C13H18N2O2S/c1-12(2)8-4-5-13(12,3)10(6-8)17-11(16)9-7-14-18-15-9/h7-8,10H,4-6H2,1-3H3. The van der Waals surface area contributed by atoms with E-state index in [0.29, 0.717) is 11.6 Å². The van der Waals surface area contributed by atoms with Crippen molar-refractivity contribution >= 4 is 17.7 Å². The van der Waals surface area contributed by atoms with E-state index in [1.807, 2.05) is 0 Å². The molecule has 3 atom stereocenters.